The lowest BCUT2D eigenvalue weighted by atomic mass is 9.72. The maximum atomic E-state index is 14.5. The molecule has 6 rings (SSSR count). The van der Waals surface area contributed by atoms with Crippen molar-refractivity contribution < 1.29 is 9.18 Å². The number of hydrogen-bond acceptors (Lipinski definition) is 4. The van der Waals surface area contributed by atoms with Crippen molar-refractivity contribution >= 4 is 11.6 Å². The SMILES string of the molecule is CC12CC(C1)N(C1CCN(c3ccc(C(=O)NC4CC4)nc3F)CC1)C2. The first kappa shape index (κ1) is 16.5. The molecular formula is C20H27FN4O. The van der Waals surface area contributed by atoms with Crippen LogP contribution in [0.5, 0.6) is 0 Å². The van der Waals surface area contributed by atoms with Gasteiger partial charge >= 0.3 is 0 Å². The molecule has 1 aromatic heterocycles. The van der Waals surface area contributed by atoms with Gasteiger partial charge in [-0.1, -0.05) is 6.92 Å². The molecule has 4 heterocycles. The van der Waals surface area contributed by atoms with E-state index < -0.39 is 5.95 Å². The molecule has 26 heavy (non-hydrogen) atoms. The quantitative estimate of drug-likeness (QED) is 0.841. The topological polar surface area (TPSA) is 48.5 Å². The van der Waals surface area contributed by atoms with E-state index in [2.05, 4.69) is 27.0 Å². The van der Waals surface area contributed by atoms with E-state index in [1.807, 2.05) is 0 Å². The van der Waals surface area contributed by atoms with Gasteiger partial charge in [-0.15, -0.1) is 0 Å². The van der Waals surface area contributed by atoms with Crippen LogP contribution in [0, 0.1) is 11.4 Å². The molecule has 1 N–H and O–H groups in total. The number of nitrogens with one attached hydrogen (secondary N) is 1. The van der Waals surface area contributed by atoms with Crippen LogP contribution < -0.4 is 10.2 Å². The Labute approximate surface area is 153 Å². The van der Waals surface area contributed by atoms with Crippen LogP contribution in [0.25, 0.3) is 0 Å². The van der Waals surface area contributed by atoms with Crippen LogP contribution in [0.15, 0.2) is 12.1 Å². The van der Waals surface area contributed by atoms with Crippen molar-refractivity contribution in [1.82, 2.24) is 15.2 Å². The summed E-state index contributed by atoms with van der Waals surface area (Å²) in [6.45, 7) is 5.36. The molecule has 2 bridgehead atoms. The van der Waals surface area contributed by atoms with Gasteiger partial charge in [-0.2, -0.15) is 4.39 Å². The average molecular weight is 358 g/mol. The lowest BCUT2D eigenvalue weighted by Crippen LogP contribution is -2.46. The van der Waals surface area contributed by atoms with Gasteiger partial charge in [0.15, 0.2) is 0 Å². The first-order chi connectivity index (χ1) is 12.5. The van der Waals surface area contributed by atoms with E-state index >= 15 is 0 Å². The Morgan fingerprint density at radius 2 is 1.92 bits per heavy atom. The van der Waals surface area contributed by atoms with Crippen LogP contribution in [0.1, 0.15) is 55.9 Å². The summed E-state index contributed by atoms with van der Waals surface area (Å²) in [5.41, 5.74) is 1.27. The second kappa shape index (κ2) is 5.91. The standard InChI is InChI=1S/C20H27FN4O/c1-20-10-15(11-20)25(12-20)14-6-8-24(9-7-14)17-5-4-16(23-18(17)21)19(26)22-13-2-3-13/h4-5,13-15H,2-3,6-12H2,1H3,(H,22,26). The Morgan fingerprint density at radius 3 is 2.50 bits per heavy atom. The summed E-state index contributed by atoms with van der Waals surface area (Å²) in [7, 11) is 0. The molecule has 5 fully saturated rings. The van der Waals surface area contributed by atoms with Crippen LogP contribution in [-0.4, -0.2) is 53.6 Å². The highest BCUT2D eigenvalue weighted by Crippen LogP contribution is 2.52. The average Bonchev–Trinajstić information content (AvgIpc) is 3.27. The van der Waals surface area contributed by atoms with Crippen molar-refractivity contribution in [3.05, 3.63) is 23.8 Å². The summed E-state index contributed by atoms with van der Waals surface area (Å²) in [5, 5.41) is 2.86. The zero-order valence-electron chi connectivity index (χ0n) is 15.4. The molecule has 3 saturated heterocycles. The summed E-state index contributed by atoms with van der Waals surface area (Å²) in [5.74, 6) is -0.791. The fraction of sp³-hybridized carbons (Fsp3) is 0.700. The Balaban J connectivity index is 1.21. The Morgan fingerprint density at radius 1 is 1.19 bits per heavy atom. The lowest BCUT2D eigenvalue weighted by Gasteiger charge is -2.40. The van der Waals surface area contributed by atoms with E-state index in [1.165, 1.54) is 19.4 Å². The van der Waals surface area contributed by atoms with Crippen LogP contribution in [0.2, 0.25) is 0 Å². The fourth-order valence-corrected chi connectivity index (χ4v) is 5.15. The van der Waals surface area contributed by atoms with Gasteiger partial charge in [-0.3, -0.25) is 9.69 Å². The fourth-order valence-electron chi connectivity index (χ4n) is 5.15. The predicted molar refractivity (Wildman–Crippen MR) is 97.8 cm³/mol. The van der Waals surface area contributed by atoms with E-state index in [0.29, 0.717) is 17.1 Å². The molecule has 1 amide bonds. The summed E-state index contributed by atoms with van der Waals surface area (Å²) >= 11 is 0. The van der Waals surface area contributed by atoms with Gasteiger partial charge in [0.05, 0.1) is 5.69 Å². The Kier molecular flexibility index (Phi) is 3.75. The number of anilines is 1. The normalized spacial score (nSPS) is 31.8. The molecule has 0 aromatic carbocycles. The van der Waals surface area contributed by atoms with E-state index in [0.717, 1.165) is 44.8 Å². The molecule has 0 unspecified atom stereocenters. The monoisotopic (exact) mass is 358 g/mol. The Bertz CT molecular complexity index is 721. The molecule has 2 aliphatic carbocycles. The minimum atomic E-state index is -0.525. The summed E-state index contributed by atoms with van der Waals surface area (Å²) in [4.78, 5) is 20.7. The van der Waals surface area contributed by atoms with E-state index in [9.17, 15) is 9.18 Å². The van der Waals surface area contributed by atoms with Crippen molar-refractivity contribution in [2.45, 2.75) is 63.6 Å². The maximum absolute atomic E-state index is 14.5. The maximum Gasteiger partial charge on any atom is 0.270 e. The predicted octanol–water partition coefficient (Wildman–Crippen LogP) is 2.57. The van der Waals surface area contributed by atoms with Crippen LogP contribution in [0.3, 0.4) is 0 Å². The van der Waals surface area contributed by atoms with Crippen LogP contribution in [-0.2, 0) is 0 Å². The van der Waals surface area contributed by atoms with Crippen molar-refractivity contribution in [2.24, 2.45) is 5.41 Å². The highest BCUT2D eigenvalue weighted by molar-refractivity contribution is 5.92. The zero-order valence-corrected chi connectivity index (χ0v) is 15.4. The molecule has 6 heteroatoms. The first-order valence-corrected chi connectivity index (χ1v) is 9.99. The number of halogens is 1. The van der Waals surface area contributed by atoms with Gasteiger partial charge < -0.3 is 10.2 Å². The van der Waals surface area contributed by atoms with Crippen molar-refractivity contribution in [1.29, 1.82) is 0 Å². The smallest absolute Gasteiger partial charge is 0.270 e. The third-order valence-corrected chi connectivity index (χ3v) is 6.74. The number of amides is 1. The minimum Gasteiger partial charge on any atom is -0.368 e. The highest BCUT2D eigenvalue weighted by Gasteiger charge is 2.53. The van der Waals surface area contributed by atoms with Gasteiger partial charge in [0, 0.05) is 37.8 Å². The molecule has 5 nitrogen and oxygen atoms in total. The number of nitrogens with zero attached hydrogens (tertiary/aromatic N) is 3. The van der Waals surface area contributed by atoms with Crippen LogP contribution >= 0.6 is 0 Å². The van der Waals surface area contributed by atoms with Gasteiger partial charge in [-0.25, -0.2) is 4.98 Å². The molecule has 140 valence electrons. The molecule has 0 radical (unpaired) electrons. The third kappa shape index (κ3) is 2.88. The number of carbonyl (C=O) groups is 1. The molecule has 2 saturated carbocycles. The van der Waals surface area contributed by atoms with Gasteiger partial charge in [0.2, 0.25) is 5.95 Å². The molecule has 0 atom stereocenters. The summed E-state index contributed by atoms with van der Waals surface area (Å²) in [6.07, 6.45) is 6.90. The highest BCUT2D eigenvalue weighted by atomic mass is 19.1. The van der Waals surface area contributed by atoms with Gasteiger partial charge in [0.25, 0.3) is 5.91 Å². The minimum absolute atomic E-state index is 0.179. The molecule has 5 aliphatic rings. The molecular weight excluding hydrogens is 331 g/mol. The first-order valence-electron chi connectivity index (χ1n) is 9.99. The lowest BCUT2D eigenvalue weighted by molar-refractivity contribution is 0.0945. The number of hydrogen-bond donors (Lipinski definition) is 1. The number of piperidine rings is 1. The second-order valence-electron chi connectivity index (χ2n) is 9.02. The van der Waals surface area contributed by atoms with Crippen molar-refractivity contribution in [3.63, 3.8) is 0 Å². The van der Waals surface area contributed by atoms with Gasteiger partial charge in [-0.05, 0) is 56.1 Å². The Hall–Kier alpha value is -1.69. The van der Waals surface area contributed by atoms with Crippen LogP contribution in [0.4, 0.5) is 10.1 Å². The number of fused-ring (bicyclic) bond motifs is 1. The van der Waals surface area contributed by atoms with E-state index in [4.69, 9.17) is 0 Å². The molecule has 0 spiro atoms. The second-order valence-corrected chi connectivity index (χ2v) is 9.02. The zero-order chi connectivity index (χ0) is 17.9. The van der Waals surface area contributed by atoms with E-state index in [1.54, 1.807) is 12.1 Å². The van der Waals surface area contributed by atoms with E-state index in [-0.39, 0.29) is 17.6 Å². The van der Waals surface area contributed by atoms with Crippen molar-refractivity contribution in [2.75, 3.05) is 24.5 Å². The largest absolute Gasteiger partial charge is 0.368 e. The molecule has 3 aliphatic heterocycles. The van der Waals surface area contributed by atoms with Crippen molar-refractivity contribution in [3.8, 4) is 0 Å². The number of aromatic nitrogens is 1. The van der Waals surface area contributed by atoms with Gasteiger partial charge in [0.1, 0.15) is 5.69 Å². The number of carbonyl (C=O) groups excluding carboxylic acids is 1. The molecule has 1 aromatic rings. The third-order valence-electron chi connectivity index (χ3n) is 6.74. The number of rotatable bonds is 4. The summed E-state index contributed by atoms with van der Waals surface area (Å²) < 4.78 is 14.5. The number of pyridine rings is 1. The summed E-state index contributed by atoms with van der Waals surface area (Å²) in [6, 6.07) is 5.06.